The van der Waals surface area contributed by atoms with Crippen LogP contribution in [0.15, 0.2) is 4.79 Å². The predicted octanol–water partition coefficient (Wildman–Crippen LogP) is 0.271. The normalized spacial score (nSPS) is 10.2. The molecule has 2 rings (SSSR count). The van der Waals surface area contributed by atoms with E-state index in [1.165, 1.54) is 0 Å². The molecule has 0 atom stereocenters. The minimum atomic E-state index is -0.175. The fourth-order valence-corrected chi connectivity index (χ4v) is 1.29. The van der Waals surface area contributed by atoms with Gasteiger partial charge in [-0.25, -0.2) is 9.97 Å². The molecule has 6 heteroatoms. The van der Waals surface area contributed by atoms with Gasteiger partial charge < -0.3 is 9.55 Å². The van der Waals surface area contributed by atoms with Crippen LogP contribution in [0.2, 0.25) is 0 Å². The molecule has 0 aliphatic carbocycles. The molecule has 14 heavy (non-hydrogen) atoms. The van der Waals surface area contributed by atoms with Crippen LogP contribution in [0.4, 0.5) is 0 Å². The van der Waals surface area contributed by atoms with Gasteiger partial charge >= 0.3 is 0 Å². The third-order valence-electron chi connectivity index (χ3n) is 2.07. The van der Waals surface area contributed by atoms with Gasteiger partial charge in [0.05, 0.1) is 0 Å². The number of nitrogens with one attached hydrogen (secondary N) is 1. The van der Waals surface area contributed by atoms with Gasteiger partial charge in [0.25, 0.3) is 5.56 Å². The van der Waals surface area contributed by atoms with Crippen molar-refractivity contribution >= 4 is 11.2 Å². The van der Waals surface area contributed by atoms with Crippen molar-refractivity contribution in [3.63, 3.8) is 0 Å². The largest absolute Gasteiger partial charge is 0.316 e. The summed E-state index contributed by atoms with van der Waals surface area (Å²) in [7, 11) is 1.84. The van der Waals surface area contributed by atoms with Gasteiger partial charge in [-0.1, -0.05) is 0 Å². The van der Waals surface area contributed by atoms with E-state index in [4.69, 9.17) is 0 Å². The second-order valence-corrected chi connectivity index (χ2v) is 3.04. The Morgan fingerprint density at radius 1 is 1.29 bits per heavy atom. The Morgan fingerprint density at radius 3 is 2.57 bits per heavy atom. The van der Waals surface area contributed by atoms with Crippen molar-refractivity contribution in [2.75, 3.05) is 0 Å². The van der Waals surface area contributed by atoms with Crippen molar-refractivity contribution in [3.05, 3.63) is 22.0 Å². The molecule has 73 valence electrons. The van der Waals surface area contributed by atoms with Gasteiger partial charge in [-0.3, -0.25) is 4.79 Å². The molecular formula is C8H10N4OV. The maximum absolute atomic E-state index is 11.4. The molecule has 0 aliphatic rings. The number of rotatable bonds is 0. The number of fused-ring (bicyclic) bond motifs is 1. The Labute approximate surface area is 92.5 Å². The number of nitrogens with zero attached hydrogens (tertiary/aromatic N) is 3. The van der Waals surface area contributed by atoms with Gasteiger partial charge in [0.2, 0.25) is 0 Å². The first-order chi connectivity index (χ1) is 6.09. The van der Waals surface area contributed by atoms with Crippen molar-refractivity contribution < 1.29 is 18.6 Å². The molecule has 0 saturated heterocycles. The average Bonchev–Trinajstić information content (AvgIpc) is 2.32. The Kier molecular flexibility index (Phi) is 2.82. The zero-order chi connectivity index (χ0) is 9.59. The van der Waals surface area contributed by atoms with Crippen LogP contribution in [0.3, 0.4) is 0 Å². The van der Waals surface area contributed by atoms with Crippen LogP contribution in [0.25, 0.3) is 11.2 Å². The number of imidazole rings is 1. The fourth-order valence-electron chi connectivity index (χ4n) is 1.29. The fraction of sp³-hybridized carbons (Fsp3) is 0.375. The zero-order valence-corrected chi connectivity index (χ0v) is 9.59. The molecule has 2 heterocycles. The zero-order valence-electron chi connectivity index (χ0n) is 8.20. The summed E-state index contributed by atoms with van der Waals surface area (Å²) >= 11 is 0. The molecule has 0 aromatic carbocycles. The smallest absolute Gasteiger partial charge is 0.279 e. The number of hydrogen-bond donors (Lipinski definition) is 1. The molecule has 0 unspecified atom stereocenters. The van der Waals surface area contributed by atoms with E-state index >= 15 is 0 Å². The molecule has 1 N–H and O–H groups in total. The molecule has 1 radical (unpaired) electrons. The quantitative estimate of drug-likeness (QED) is 0.705. The van der Waals surface area contributed by atoms with E-state index in [0.29, 0.717) is 17.0 Å². The number of aromatic amines is 1. The van der Waals surface area contributed by atoms with Crippen LogP contribution in [0, 0.1) is 13.8 Å². The number of hydrogen-bond acceptors (Lipinski definition) is 3. The first-order valence-electron chi connectivity index (χ1n) is 3.99. The maximum Gasteiger partial charge on any atom is 0.279 e. The van der Waals surface area contributed by atoms with E-state index in [1.807, 2.05) is 14.0 Å². The van der Waals surface area contributed by atoms with E-state index < -0.39 is 0 Å². The van der Waals surface area contributed by atoms with Crippen molar-refractivity contribution in [1.29, 1.82) is 0 Å². The van der Waals surface area contributed by atoms with Gasteiger partial charge in [-0.2, -0.15) is 0 Å². The summed E-state index contributed by atoms with van der Waals surface area (Å²) < 4.78 is 1.80. The first kappa shape index (κ1) is 11.0. The van der Waals surface area contributed by atoms with E-state index in [9.17, 15) is 4.79 Å². The van der Waals surface area contributed by atoms with Crippen LogP contribution in [-0.4, -0.2) is 19.5 Å². The van der Waals surface area contributed by atoms with Gasteiger partial charge in [0, 0.05) is 25.6 Å². The van der Waals surface area contributed by atoms with Crippen LogP contribution in [0.1, 0.15) is 11.6 Å². The molecular weight excluding hydrogens is 219 g/mol. The van der Waals surface area contributed by atoms with Crippen molar-refractivity contribution in [2.24, 2.45) is 7.05 Å². The Morgan fingerprint density at radius 2 is 1.93 bits per heavy atom. The van der Waals surface area contributed by atoms with Crippen molar-refractivity contribution in [1.82, 2.24) is 19.5 Å². The number of aromatic nitrogens is 4. The van der Waals surface area contributed by atoms with Crippen LogP contribution < -0.4 is 5.56 Å². The summed E-state index contributed by atoms with van der Waals surface area (Å²) in [6, 6.07) is 0. The summed E-state index contributed by atoms with van der Waals surface area (Å²) in [6.45, 7) is 3.60. The summed E-state index contributed by atoms with van der Waals surface area (Å²) in [6.07, 6.45) is 0. The molecule has 0 spiro atoms. The van der Waals surface area contributed by atoms with Crippen LogP contribution >= 0.6 is 0 Å². The summed E-state index contributed by atoms with van der Waals surface area (Å²) in [5.41, 5.74) is 0.871. The minimum absolute atomic E-state index is 0. The average molecular weight is 229 g/mol. The van der Waals surface area contributed by atoms with Gasteiger partial charge in [0.15, 0.2) is 11.2 Å². The van der Waals surface area contributed by atoms with E-state index in [1.54, 1.807) is 11.5 Å². The molecule has 2 aromatic heterocycles. The number of H-pyrrole nitrogens is 1. The predicted molar refractivity (Wildman–Crippen MR) is 48.6 cm³/mol. The van der Waals surface area contributed by atoms with Crippen LogP contribution in [0.5, 0.6) is 0 Å². The summed E-state index contributed by atoms with van der Waals surface area (Å²) in [4.78, 5) is 22.3. The molecule has 5 nitrogen and oxygen atoms in total. The SMILES string of the molecule is Cc1nc2c(nc(C)n2C)c(=O)[nH]1.[V]. The minimum Gasteiger partial charge on any atom is -0.316 e. The van der Waals surface area contributed by atoms with Gasteiger partial charge in [-0.05, 0) is 13.8 Å². The van der Waals surface area contributed by atoms with Gasteiger partial charge in [0.1, 0.15) is 11.6 Å². The van der Waals surface area contributed by atoms with E-state index in [-0.39, 0.29) is 24.1 Å². The molecule has 0 saturated carbocycles. The van der Waals surface area contributed by atoms with E-state index in [0.717, 1.165) is 5.82 Å². The molecule has 0 fully saturated rings. The van der Waals surface area contributed by atoms with Gasteiger partial charge in [-0.15, -0.1) is 0 Å². The Balaban J connectivity index is 0.000000980. The van der Waals surface area contributed by atoms with Crippen molar-refractivity contribution in [2.45, 2.75) is 13.8 Å². The second kappa shape index (κ2) is 3.59. The standard InChI is InChI=1S/C8H10N4O.V/c1-4-9-7-6(8(13)10-4)11-5(2)12(7)3;/h1-3H3,(H,9,10,13);. The van der Waals surface area contributed by atoms with Crippen LogP contribution in [-0.2, 0) is 25.6 Å². The Bertz CT molecular complexity index is 528. The topological polar surface area (TPSA) is 63.6 Å². The first-order valence-corrected chi connectivity index (χ1v) is 3.99. The summed E-state index contributed by atoms with van der Waals surface area (Å²) in [5, 5.41) is 0. The molecule has 2 aromatic rings. The molecule has 0 bridgehead atoms. The Hall–Kier alpha value is -1.07. The maximum atomic E-state index is 11.4. The third kappa shape index (κ3) is 1.49. The van der Waals surface area contributed by atoms with Crippen molar-refractivity contribution in [3.8, 4) is 0 Å². The number of aryl methyl sites for hydroxylation is 3. The monoisotopic (exact) mass is 229 g/mol. The molecule has 0 amide bonds. The molecule has 0 aliphatic heterocycles. The third-order valence-corrected chi connectivity index (χ3v) is 2.07. The second-order valence-electron chi connectivity index (χ2n) is 3.04. The van der Waals surface area contributed by atoms with E-state index in [2.05, 4.69) is 15.0 Å². The summed E-state index contributed by atoms with van der Waals surface area (Å²) in [5.74, 6) is 1.40.